The summed E-state index contributed by atoms with van der Waals surface area (Å²) in [6.07, 6.45) is 0. The first kappa shape index (κ1) is 18.4. The first-order valence-corrected chi connectivity index (χ1v) is 11.5. The number of hydrogen-bond acceptors (Lipinski definition) is 7. The second-order valence-corrected chi connectivity index (χ2v) is 10.1. The smallest absolute Gasteiger partial charge is 0.200 e. The molecular weight excluding hydrogens is 392 g/mol. The Hall–Kier alpha value is -2.36. The molecule has 0 amide bonds. The van der Waals surface area contributed by atoms with Gasteiger partial charge < -0.3 is 0 Å². The van der Waals surface area contributed by atoms with E-state index in [4.69, 9.17) is 0 Å². The summed E-state index contributed by atoms with van der Waals surface area (Å²) in [5.41, 5.74) is 0.843. The predicted octanol–water partition coefficient (Wildman–Crippen LogP) is 3.07. The second-order valence-electron chi connectivity index (χ2n) is 5.30. The average Bonchev–Trinajstić information content (AvgIpc) is 3.10. The Morgan fingerprint density at radius 3 is 2.08 bits per heavy atom. The molecule has 0 fully saturated rings. The summed E-state index contributed by atoms with van der Waals surface area (Å²) in [5, 5.41) is 10.2. The van der Waals surface area contributed by atoms with Crippen molar-refractivity contribution in [2.45, 2.75) is 10.6 Å². The van der Waals surface area contributed by atoms with Gasteiger partial charge in [0.2, 0.25) is 9.84 Å². The molecule has 9 heteroatoms. The number of rotatable bonds is 6. The molecule has 0 aliphatic rings. The maximum atomic E-state index is 12.2. The molecule has 0 aliphatic carbocycles. The highest BCUT2D eigenvalue weighted by atomic mass is 32.2. The Bertz CT molecular complexity index is 1120. The monoisotopic (exact) mass is 406 g/mol. The molecule has 0 saturated heterocycles. The zero-order chi connectivity index (χ0) is 18.6. The van der Waals surface area contributed by atoms with Gasteiger partial charge in [-0.05, 0) is 12.1 Å². The third-order valence-corrected chi connectivity index (χ3v) is 7.30. The molecule has 6 nitrogen and oxygen atoms in total. The Balaban J connectivity index is 1.77. The summed E-state index contributed by atoms with van der Waals surface area (Å²) in [5.74, 6) is -0.404. The first-order chi connectivity index (χ1) is 12.4. The van der Waals surface area contributed by atoms with Gasteiger partial charge in [-0.1, -0.05) is 59.9 Å². The lowest BCUT2D eigenvalue weighted by atomic mass is 10.2. The highest BCUT2D eigenvalue weighted by molar-refractivity contribution is 7.97. The third kappa shape index (κ3) is 4.63. The molecule has 0 spiro atoms. The zero-order valence-corrected chi connectivity index (χ0v) is 15.8. The topological polar surface area (TPSA) is 94.1 Å². The molecule has 134 valence electrons. The summed E-state index contributed by atoms with van der Waals surface area (Å²) in [4.78, 5) is 0.0359. The molecule has 26 heavy (non-hydrogen) atoms. The highest BCUT2D eigenvalue weighted by Gasteiger charge is 2.16. The fraction of sp³-hybridized carbons (Fsp3) is 0.0588. The third-order valence-electron chi connectivity index (χ3n) is 3.33. The quantitative estimate of drug-likeness (QED) is 0.624. The van der Waals surface area contributed by atoms with E-state index in [1.807, 2.05) is 30.3 Å². The largest absolute Gasteiger partial charge is 0.224 e. The molecule has 0 unspecified atom stereocenters. The van der Waals surface area contributed by atoms with E-state index in [2.05, 4.69) is 10.2 Å². The van der Waals surface area contributed by atoms with E-state index < -0.39 is 25.4 Å². The van der Waals surface area contributed by atoms with Gasteiger partial charge in [-0.15, -0.1) is 10.2 Å². The number of benzene rings is 2. The minimum absolute atomic E-state index is 0.0359. The lowest BCUT2D eigenvalue weighted by molar-refractivity contribution is 0.600. The van der Waals surface area contributed by atoms with E-state index >= 15 is 0 Å². The molecule has 0 saturated carbocycles. The van der Waals surface area contributed by atoms with Gasteiger partial charge in [-0.2, -0.15) is 0 Å². The van der Waals surface area contributed by atoms with Gasteiger partial charge >= 0.3 is 0 Å². The molecule has 3 rings (SSSR count). The van der Waals surface area contributed by atoms with Crippen LogP contribution in [0.5, 0.6) is 0 Å². The molecule has 0 atom stereocenters. The van der Waals surface area contributed by atoms with E-state index in [1.165, 1.54) is 12.1 Å². The number of sulfone groups is 2. The van der Waals surface area contributed by atoms with E-state index in [0.29, 0.717) is 20.8 Å². The highest BCUT2D eigenvalue weighted by Crippen LogP contribution is 2.24. The Labute approximate surface area is 155 Å². The van der Waals surface area contributed by atoms with Crippen molar-refractivity contribution in [3.8, 4) is 10.6 Å². The van der Waals surface area contributed by atoms with Gasteiger partial charge in [0.15, 0.2) is 9.84 Å². The van der Waals surface area contributed by atoms with Gasteiger partial charge in [-0.3, -0.25) is 0 Å². The number of hydrogen-bond donors (Lipinski definition) is 0. The van der Waals surface area contributed by atoms with Crippen LogP contribution in [-0.4, -0.2) is 27.0 Å². The van der Waals surface area contributed by atoms with Crippen LogP contribution in [0.3, 0.4) is 0 Å². The van der Waals surface area contributed by atoms with Crippen LogP contribution in [-0.2, 0) is 25.4 Å². The Morgan fingerprint density at radius 1 is 0.808 bits per heavy atom. The normalized spacial score (nSPS) is 12.5. The second kappa shape index (κ2) is 7.48. The zero-order valence-electron chi connectivity index (χ0n) is 13.4. The van der Waals surface area contributed by atoms with Gasteiger partial charge in [0.1, 0.15) is 15.8 Å². The van der Waals surface area contributed by atoms with Crippen molar-refractivity contribution in [2.24, 2.45) is 0 Å². The van der Waals surface area contributed by atoms with Crippen LogP contribution in [0.4, 0.5) is 0 Å². The summed E-state index contributed by atoms with van der Waals surface area (Å²) >= 11 is 1.16. The lowest BCUT2D eigenvalue weighted by Gasteiger charge is -1.98. The van der Waals surface area contributed by atoms with Crippen LogP contribution >= 0.6 is 11.3 Å². The summed E-state index contributed by atoms with van der Waals surface area (Å²) in [6, 6.07) is 16.9. The number of aromatic nitrogens is 2. The van der Waals surface area contributed by atoms with Crippen molar-refractivity contribution in [1.29, 1.82) is 0 Å². The van der Waals surface area contributed by atoms with Crippen LogP contribution in [0.15, 0.2) is 76.4 Å². The summed E-state index contributed by atoms with van der Waals surface area (Å²) in [7, 11) is -7.61. The van der Waals surface area contributed by atoms with Crippen molar-refractivity contribution in [1.82, 2.24) is 10.2 Å². The fourth-order valence-corrected chi connectivity index (χ4v) is 5.90. The van der Waals surface area contributed by atoms with Crippen LogP contribution in [0.2, 0.25) is 0 Å². The standard InChI is InChI=1S/C17H14N2O4S3/c20-25(21,11-12-26(22,23)15-9-5-2-6-10-15)13-16-18-19-17(24-16)14-7-3-1-4-8-14/h1-12H,13H2/b12-11+. The van der Waals surface area contributed by atoms with Crippen molar-refractivity contribution in [2.75, 3.05) is 0 Å². The summed E-state index contributed by atoms with van der Waals surface area (Å²) < 4.78 is 48.7. The predicted molar refractivity (Wildman–Crippen MR) is 101 cm³/mol. The van der Waals surface area contributed by atoms with Crippen LogP contribution in [0.1, 0.15) is 5.01 Å². The molecular formula is C17H14N2O4S3. The SMILES string of the molecule is O=S(=O)(/C=C/S(=O)(=O)c1ccccc1)Cc1nnc(-c2ccccc2)s1. The van der Waals surface area contributed by atoms with Gasteiger partial charge in [-0.25, -0.2) is 16.8 Å². The Morgan fingerprint density at radius 2 is 1.42 bits per heavy atom. The average molecular weight is 407 g/mol. The first-order valence-electron chi connectivity index (χ1n) is 7.44. The van der Waals surface area contributed by atoms with Crippen LogP contribution in [0.25, 0.3) is 10.6 Å². The molecule has 0 radical (unpaired) electrons. The van der Waals surface area contributed by atoms with E-state index in [0.717, 1.165) is 16.9 Å². The van der Waals surface area contributed by atoms with Crippen LogP contribution < -0.4 is 0 Å². The van der Waals surface area contributed by atoms with Crippen molar-refractivity contribution < 1.29 is 16.8 Å². The van der Waals surface area contributed by atoms with Gasteiger partial charge in [0, 0.05) is 16.4 Å². The van der Waals surface area contributed by atoms with Crippen molar-refractivity contribution >= 4 is 31.0 Å². The number of nitrogens with zero attached hydrogens (tertiary/aromatic N) is 2. The Kier molecular flexibility index (Phi) is 5.30. The summed E-state index contributed by atoms with van der Waals surface area (Å²) in [6.45, 7) is 0. The van der Waals surface area contributed by atoms with E-state index in [9.17, 15) is 16.8 Å². The fourth-order valence-electron chi connectivity index (χ4n) is 2.08. The van der Waals surface area contributed by atoms with Gasteiger partial charge in [0.25, 0.3) is 0 Å². The molecule has 1 aromatic heterocycles. The maximum Gasteiger partial charge on any atom is 0.200 e. The maximum absolute atomic E-state index is 12.2. The minimum atomic E-state index is -3.82. The molecule has 2 aromatic carbocycles. The van der Waals surface area contributed by atoms with Crippen LogP contribution in [0, 0.1) is 0 Å². The molecule has 0 aliphatic heterocycles. The lowest BCUT2D eigenvalue weighted by Crippen LogP contribution is -2.02. The molecule has 1 heterocycles. The molecule has 3 aromatic rings. The molecule has 0 bridgehead atoms. The van der Waals surface area contributed by atoms with Crippen molar-refractivity contribution in [3.05, 3.63) is 76.5 Å². The van der Waals surface area contributed by atoms with E-state index in [1.54, 1.807) is 18.2 Å². The van der Waals surface area contributed by atoms with E-state index in [-0.39, 0.29) is 4.90 Å². The van der Waals surface area contributed by atoms with Crippen molar-refractivity contribution in [3.63, 3.8) is 0 Å². The molecule has 0 N–H and O–H groups in total. The van der Waals surface area contributed by atoms with Gasteiger partial charge in [0.05, 0.1) is 4.90 Å². The minimum Gasteiger partial charge on any atom is -0.224 e.